The number of nitrogens with zero attached hydrogens (tertiary/aromatic N) is 2. The number of hydrogen-bond acceptors (Lipinski definition) is 5. The first-order valence-electron chi connectivity index (χ1n) is 5.12. The van der Waals surface area contributed by atoms with Gasteiger partial charge in [0.15, 0.2) is 10.9 Å². The molecule has 0 aliphatic heterocycles. The van der Waals surface area contributed by atoms with Gasteiger partial charge in [0, 0.05) is 0 Å². The Morgan fingerprint density at radius 1 is 0.944 bits per heavy atom. The maximum atomic E-state index is 9.95. The zero-order chi connectivity index (χ0) is 13.1. The summed E-state index contributed by atoms with van der Waals surface area (Å²) >= 11 is 11.1. The van der Waals surface area contributed by atoms with Gasteiger partial charge in [0.2, 0.25) is 11.8 Å². The normalized spacial score (nSPS) is 14.7. The lowest BCUT2D eigenvalue weighted by Gasteiger charge is -2.14. The number of alkyl halides is 2. The minimum atomic E-state index is -1.33. The van der Waals surface area contributed by atoms with Crippen LogP contribution in [0.15, 0.2) is 34.7 Å². The molecule has 2 aromatic rings. The van der Waals surface area contributed by atoms with Gasteiger partial charge in [-0.15, -0.1) is 10.2 Å². The topological polar surface area (TPSA) is 79.4 Å². The number of rotatable bonds is 4. The van der Waals surface area contributed by atoms with Crippen LogP contribution in [0.4, 0.5) is 0 Å². The Hall–Kier alpha value is -1.14. The van der Waals surface area contributed by atoms with Crippen molar-refractivity contribution in [2.45, 2.75) is 17.0 Å². The van der Waals surface area contributed by atoms with E-state index >= 15 is 0 Å². The van der Waals surface area contributed by atoms with Crippen LogP contribution in [0.25, 0.3) is 0 Å². The van der Waals surface area contributed by atoms with Crippen LogP contribution >= 0.6 is 23.2 Å². The third kappa shape index (κ3) is 2.81. The van der Waals surface area contributed by atoms with Crippen molar-refractivity contribution in [1.82, 2.24) is 10.2 Å². The summed E-state index contributed by atoms with van der Waals surface area (Å²) in [6.45, 7) is 0. The molecule has 0 unspecified atom stereocenters. The summed E-state index contributed by atoms with van der Waals surface area (Å²) in [6, 6.07) is 8.66. The quantitative estimate of drug-likeness (QED) is 0.844. The molecule has 2 atom stereocenters. The van der Waals surface area contributed by atoms with Crippen LogP contribution in [0.2, 0.25) is 0 Å². The Labute approximate surface area is 113 Å². The van der Waals surface area contributed by atoms with Gasteiger partial charge in [0.25, 0.3) is 0 Å². The number of aliphatic hydroxyl groups excluding tert-OH is 2. The van der Waals surface area contributed by atoms with Gasteiger partial charge in [-0.3, -0.25) is 0 Å². The summed E-state index contributed by atoms with van der Waals surface area (Å²) in [4.78, 5) is -0.965. The molecule has 0 aliphatic rings. The van der Waals surface area contributed by atoms with Gasteiger partial charge in [0.05, 0.1) is 0 Å². The van der Waals surface area contributed by atoms with Crippen LogP contribution < -0.4 is 0 Å². The molecule has 2 rings (SSSR count). The minimum Gasteiger partial charge on any atom is -0.419 e. The highest BCUT2D eigenvalue weighted by Gasteiger charge is 2.26. The molecular formula is C11H10Cl2N2O3. The van der Waals surface area contributed by atoms with Gasteiger partial charge < -0.3 is 14.6 Å². The Morgan fingerprint density at radius 2 is 1.56 bits per heavy atom. The summed E-state index contributed by atoms with van der Waals surface area (Å²) in [6.07, 6.45) is -2.50. The lowest BCUT2D eigenvalue weighted by atomic mass is 10.0. The summed E-state index contributed by atoms with van der Waals surface area (Å²) in [5, 5.41) is 27.0. The van der Waals surface area contributed by atoms with Crippen LogP contribution in [0.3, 0.4) is 0 Å². The molecule has 0 fully saturated rings. The van der Waals surface area contributed by atoms with E-state index in [9.17, 15) is 10.2 Å². The lowest BCUT2D eigenvalue weighted by Crippen LogP contribution is -2.10. The zero-order valence-corrected chi connectivity index (χ0v) is 10.6. The average Bonchev–Trinajstić information content (AvgIpc) is 2.88. The number of hydrogen-bond donors (Lipinski definition) is 2. The van der Waals surface area contributed by atoms with E-state index in [1.807, 2.05) is 0 Å². The highest BCUT2D eigenvalue weighted by atomic mass is 35.5. The van der Waals surface area contributed by atoms with Gasteiger partial charge in [-0.25, -0.2) is 0 Å². The van der Waals surface area contributed by atoms with E-state index in [0.717, 1.165) is 0 Å². The van der Waals surface area contributed by atoms with Crippen LogP contribution in [0, 0.1) is 0 Å². The van der Waals surface area contributed by atoms with Crippen molar-refractivity contribution in [3.05, 3.63) is 47.7 Å². The van der Waals surface area contributed by atoms with E-state index in [-0.39, 0.29) is 11.8 Å². The molecule has 0 aliphatic carbocycles. The smallest absolute Gasteiger partial charge is 0.249 e. The first-order valence-corrected chi connectivity index (χ1v) is 5.99. The van der Waals surface area contributed by atoms with Crippen molar-refractivity contribution in [2.24, 2.45) is 0 Å². The standard InChI is InChI=1S/C11H10Cl2N2O3/c12-9(13)11-15-14-10(18-11)8(17)7(16)6-4-2-1-3-5-6/h1-5,7-9,16-17H/t7-,8+/m1/s1. The van der Waals surface area contributed by atoms with E-state index in [1.54, 1.807) is 30.3 Å². The number of aromatic nitrogens is 2. The van der Waals surface area contributed by atoms with E-state index in [4.69, 9.17) is 27.6 Å². The second-order valence-electron chi connectivity index (χ2n) is 3.58. The maximum absolute atomic E-state index is 9.95. The van der Waals surface area contributed by atoms with Crippen LogP contribution in [-0.4, -0.2) is 20.4 Å². The molecule has 2 N–H and O–H groups in total. The predicted molar refractivity (Wildman–Crippen MR) is 65.1 cm³/mol. The van der Waals surface area contributed by atoms with Crippen molar-refractivity contribution >= 4 is 23.2 Å². The maximum Gasteiger partial charge on any atom is 0.249 e. The Balaban J connectivity index is 2.17. The van der Waals surface area contributed by atoms with Crippen molar-refractivity contribution < 1.29 is 14.6 Å². The molecule has 0 saturated heterocycles. The monoisotopic (exact) mass is 288 g/mol. The third-order valence-electron chi connectivity index (χ3n) is 2.34. The Morgan fingerprint density at radius 3 is 2.11 bits per heavy atom. The molecule has 0 amide bonds. The fourth-order valence-corrected chi connectivity index (χ4v) is 1.60. The summed E-state index contributed by atoms with van der Waals surface area (Å²) in [7, 11) is 0. The van der Waals surface area contributed by atoms with Crippen molar-refractivity contribution in [2.75, 3.05) is 0 Å². The van der Waals surface area contributed by atoms with E-state index in [0.29, 0.717) is 5.56 Å². The SMILES string of the molecule is O[C@H](c1ccccc1)[C@H](O)c1nnc(C(Cl)Cl)o1. The molecule has 1 aromatic carbocycles. The first kappa shape index (κ1) is 13.3. The van der Waals surface area contributed by atoms with Crippen molar-refractivity contribution in [3.63, 3.8) is 0 Å². The van der Waals surface area contributed by atoms with Crippen LogP contribution in [-0.2, 0) is 0 Å². The Kier molecular flexibility index (Phi) is 4.19. The van der Waals surface area contributed by atoms with E-state index in [2.05, 4.69) is 10.2 Å². The molecular weight excluding hydrogens is 279 g/mol. The Bertz CT molecular complexity index is 504. The summed E-state index contributed by atoms with van der Waals surface area (Å²) < 4.78 is 5.05. The summed E-state index contributed by atoms with van der Waals surface area (Å²) in [5.41, 5.74) is 0.540. The fraction of sp³-hybridized carbons (Fsp3) is 0.273. The number of benzene rings is 1. The van der Waals surface area contributed by atoms with Gasteiger partial charge in [-0.2, -0.15) is 0 Å². The highest BCUT2D eigenvalue weighted by Crippen LogP contribution is 2.30. The molecule has 0 saturated carbocycles. The van der Waals surface area contributed by atoms with Gasteiger partial charge >= 0.3 is 0 Å². The van der Waals surface area contributed by atoms with E-state index in [1.165, 1.54) is 0 Å². The second kappa shape index (κ2) is 5.67. The third-order valence-corrected chi connectivity index (χ3v) is 2.71. The van der Waals surface area contributed by atoms with Crippen molar-refractivity contribution in [3.8, 4) is 0 Å². The average molecular weight is 289 g/mol. The zero-order valence-electron chi connectivity index (χ0n) is 9.07. The lowest BCUT2D eigenvalue weighted by molar-refractivity contribution is 0.000281. The van der Waals surface area contributed by atoms with E-state index < -0.39 is 17.0 Å². The molecule has 96 valence electrons. The molecule has 18 heavy (non-hydrogen) atoms. The first-order chi connectivity index (χ1) is 8.59. The second-order valence-corrected chi connectivity index (χ2v) is 4.68. The van der Waals surface area contributed by atoms with Crippen LogP contribution in [0.5, 0.6) is 0 Å². The number of aliphatic hydroxyl groups is 2. The van der Waals surface area contributed by atoms with Gasteiger partial charge in [-0.05, 0) is 5.56 Å². The van der Waals surface area contributed by atoms with Crippen LogP contribution in [0.1, 0.15) is 34.4 Å². The summed E-state index contributed by atoms with van der Waals surface area (Å²) in [5.74, 6) is -0.153. The van der Waals surface area contributed by atoms with Crippen molar-refractivity contribution in [1.29, 1.82) is 0 Å². The van der Waals surface area contributed by atoms with Gasteiger partial charge in [0.1, 0.15) is 6.10 Å². The largest absolute Gasteiger partial charge is 0.419 e. The molecule has 1 aromatic heterocycles. The number of halogens is 2. The van der Waals surface area contributed by atoms with Gasteiger partial charge in [-0.1, -0.05) is 53.5 Å². The predicted octanol–water partition coefficient (Wildman–Crippen LogP) is 2.31. The molecule has 0 spiro atoms. The molecule has 5 nitrogen and oxygen atoms in total. The fourth-order valence-electron chi connectivity index (χ4n) is 1.42. The molecule has 1 heterocycles. The highest BCUT2D eigenvalue weighted by molar-refractivity contribution is 6.43. The minimum absolute atomic E-state index is 0.0207. The molecule has 0 bridgehead atoms. The molecule has 0 radical (unpaired) electrons. The molecule has 7 heteroatoms.